The summed E-state index contributed by atoms with van der Waals surface area (Å²) in [6.07, 6.45) is 0. The molecule has 0 radical (unpaired) electrons. The number of aryl methyl sites for hydroxylation is 2. The van der Waals surface area contributed by atoms with E-state index in [2.05, 4.69) is 9.71 Å². The van der Waals surface area contributed by atoms with Crippen molar-refractivity contribution in [1.82, 2.24) is 9.71 Å². The van der Waals surface area contributed by atoms with Gasteiger partial charge >= 0.3 is 0 Å². The van der Waals surface area contributed by atoms with E-state index in [4.69, 9.17) is 4.42 Å². The summed E-state index contributed by atoms with van der Waals surface area (Å²) in [5.41, 5.74) is 2.98. The van der Waals surface area contributed by atoms with Crippen LogP contribution in [0.15, 0.2) is 51.8 Å². The van der Waals surface area contributed by atoms with Gasteiger partial charge in [-0.05, 0) is 36.2 Å². The van der Waals surface area contributed by atoms with E-state index in [-0.39, 0.29) is 6.54 Å². The van der Waals surface area contributed by atoms with Gasteiger partial charge < -0.3 is 4.42 Å². The van der Waals surface area contributed by atoms with Gasteiger partial charge in [-0.3, -0.25) is 0 Å². The molecule has 0 fully saturated rings. The lowest BCUT2D eigenvalue weighted by Gasteiger charge is -2.09. The lowest BCUT2D eigenvalue weighted by molar-refractivity contribution is 0.561. The summed E-state index contributed by atoms with van der Waals surface area (Å²) in [5.74, 6) is 0.590. The minimum Gasteiger partial charge on any atom is -0.441 e. The molecule has 0 saturated heterocycles. The smallest absolute Gasteiger partial charge is 0.241 e. The fraction of sp³-hybridized carbons (Fsp3) is 0.188. The number of rotatable bonds is 4. The third-order valence-corrected chi connectivity index (χ3v) is 4.97. The van der Waals surface area contributed by atoms with Crippen molar-refractivity contribution in [3.63, 3.8) is 0 Å². The van der Waals surface area contributed by atoms with E-state index in [0.29, 0.717) is 16.4 Å². The van der Waals surface area contributed by atoms with Crippen LogP contribution in [0.2, 0.25) is 0 Å². The molecule has 0 aliphatic heterocycles. The number of hydrogen-bond donors (Lipinski definition) is 1. The molecule has 0 amide bonds. The summed E-state index contributed by atoms with van der Waals surface area (Å²) in [6, 6.07) is 12.4. The Morgan fingerprint density at radius 3 is 2.68 bits per heavy atom. The van der Waals surface area contributed by atoms with Crippen molar-refractivity contribution in [3.8, 4) is 0 Å². The van der Waals surface area contributed by atoms with Crippen LogP contribution in [0.4, 0.5) is 0 Å². The number of fused-ring (bicyclic) bond motifs is 1. The number of aromatic nitrogens is 1. The van der Waals surface area contributed by atoms with Crippen LogP contribution < -0.4 is 4.72 Å². The second-order valence-corrected chi connectivity index (χ2v) is 6.86. The minimum absolute atomic E-state index is 0.207. The van der Waals surface area contributed by atoms with Crippen LogP contribution in [0.5, 0.6) is 0 Å². The van der Waals surface area contributed by atoms with Crippen LogP contribution in [0.1, 0.15) is 17.0 Å². The zero-order valence-electron chi connectivity index (χ0n) is 12.3. The maximum Gasteiger partial charge on any atom is 0.241 e. The van der Waals surface area contributed by atoms with Gasteiger partial charge in [-0.2, -0.15) is 0 Å². The first kappa shape index (κ1) is 14.7. The monoisotopic (exact) mass is 316 g/mol. The van der Waals surface area contributed by atoms with Gasteiger partial charge in [0.2, 0.25) is 10.0 Å². The standard InChI is InChI=1S/C16H16N2O3S/c1-11-5-3-4-6-16(11)22(19,20)17-10-13-7-8-15-14(9-13)18-12(2)21-15/h3-9,17H,10H2,1-2H3. The fourth-order valence-electron chi connectivity index (χ4n) is 2.31. The molecule has 0 bridgehead atoms. The van der Waals surface area contributed by atoms with E-state index in [1.807, 2.05) is 18.2 Å². The predicted octanol–water partition coefficient (Wildman–Crippen LogP) is 2.92. The Balaban J connectivity index is 1.82. The molecule has 0 aliphatic carbocycles. The molecule has 6 heteroatoms. The van der Waals surface area contributed by atoms with Crippen molar-refractivity contribution >= 4 is 21.1 Å². The van der Waals surface area contributed by atoms with E-state index in [1.54, 1.807) is 38.1 Å². The highest BCUT2D eigenvalue weighted by Crippen LogP contribution is 2.18. The maximum atomic E-state index is 12.3. The van der Waals surface area contributed by atoms with Gasteiger partial charge in [0, 0.05) is 13.5 Å². The molecule has 0 spiro atoms. The topological polar surface area (TPSA) is 72.2 Å². The highest BCUT2D eigenvalue weighted by atomic mass is 32.2. The summed E-state index contributed by atoms with van der Waals surface area (Å²) < 4.78 is 32.7. The molecule has 5 nitrogen and oxygen atoms in total. The van der Waals surface area contributed by atoms with Crippen LogP contribution in [-0.2, 0) is 16.6 Å². The predicted molar refractivity (Wildman–Crippen MR) is 84.0 cm³/mol. The van der Waals surface area contributed by atoms with Crippen molar-refractivity contribution in [3.05, 3.63) is 59.5 Å². The normalized spacial score (nSPS) is 11.9. The number of benzene rings is 2. The van der Waals surface area contributed by atoms with E-state index >= 15 is 0 Å². The first-order chi connectivity index (χ1) is 10.5. The van der Waals surface area contributed by atoms with Crippen LogP contribution in [0, 0.1) is 13.8 Å². The Hall–Kier alpha value is -2.18. The summed E-state index contributed by atoms with van der Waals surface area (Å²) in [7, 11) is -3.53. The Labute approximate surface area is 129 Å². The fourth-order valence-corrected chi connectivity index (χ4v) is 3.57. The van der Waals surface area contributed by atoms with Crippen LogP contribution in [-0.4, -0.2) is 13.4 Å². The van der Waals surface area contributed by atoms with E-state index in [1.165, 1.54) is 0 Å². The molecule has 0 unspecified atom stereocenters. The quantitative estimate of drug-likeness (QED) is 0.803. The molecule has 114 valence electrons. The summed E-state index contributed by atoms with van der Waals surface area (Å²) in [5, 5.41) is 0. The van der Waals surface area contributed by atoms with E-state index < -0.39 is 10.0 Å². The van der Waals surface area contributed by atoms with Gasteiger partial charge in [0.25, 0.3) is 0 Å². The number of hydrogen-bond acceptors (Lipinski definition) is 4. The van der Waals surface area contributed by atoms with Gasteiger partial charge in [0.15, 0.2) is 11.5 Å². The molecule has 3 rings (SSSR count). The Kier molecular flexibility index (Phi) is 3.72. The molecule has 22 heavy (non-hydrogen) atoms. The average Bonchev–Trinajstić information content (AvgIpc) is 2.85. The van der Waals surface area contributed by atoms with Crippen molar-refractivity contribution < 1.29 is 12.8 Å². The average molecular weight is 316 g/mol. The number of oxazole rings is 1. The Bertz CT molecular complexity index is 929. The zero-order chi connectivity index (χ0) is 15.7. The molecule has 1 aromatic heterocycles. The second kappa shape index (κ2) is 5.55. The highest BCUT2D eigenvalue weighted by Gasteiger charge is 2.16. The number of nitrogens with one attached hydrogen (secondary N) is 1. The molecule has 1 heterocycles. The van der Waals surface area contributed by atoms with Crippen LogP contribution in [0.25, 0.3) is 11.1 Å². The Morgan fingerprint density at radius 1 is 1.14 bits per heavy atom. The van der Waals surface area contributed by atoms with Gasteiger partial charge in [-0.15, -0.1) is 0 Å². The van der Waals surface area contributed by atoms with Gasteiger partial charge in [0.1, 0.15) is 5.52 Å². The van der Waals surface area contributed by atoms with E-state index in [0.717, 1.165) is 16.6 Å². The van der Waals surface area contributed by atoms with E-state index in [9.17, 15) is 8.42 Å². The van der Waals surface area contributed by atoms with Gasteiger partial charge in [-0.25, -0.2) is 18.1 Å². The van der Waals surface area contributed by atoms with Crippen molar-refractivity contribution in [1.29, 1.82) is 0 Å². The van der Waals surface area contributed by atoms with Crippen molar-refractivity contribution in [2.75, 3.05) is 0 Å². The SMILES string of the molecule is Cc1nc2cc(CNS(=O)(=O)c3ccccc3C)ccc2o1. The van der Waals surface area contributed by atoms with Crippen molar-refractivity contribution in [2.24, 2.45) is 0 Å². The Morgan fingerprint density at radius 2 is 1.91 bits per heavy atom. The molecule has 0 atom stereocenters. The first-order valence-electron chi connectivity index (χ1n) is 6.87. The number of sulfonamides is 1. The third-order valence-electron chi connectivity index (χ3n) is 3.41. The second-order valence-electron chi connectivity index (χ2n) is 5.13. The lowest BCUT2D eigenvalue weighted by Crippen LogP contribution is -2.23. The van der Waals surface area contributed by atoms with Crippen LogP contribution >= 0.6 is 0 Å². The summed E-state index contributed by atoms with van der Waals surface area (Å²) in [4.78, 5) is 4.55. The first-order valence-corrected chi connectivity index (χ1v) is 8.35. The van der Waals surface area contributed by atoms with Crippen molar-refractivity contribution in [2.45, 2.75) is 25.3 Å². The van der Waals surface area contributed by atoms with Gasteiger partial charge in [-0.1, -0.05) is 24.3 Å². The summed E-state index contributed by atoms with van der Waals surface area (Å²) in [6.45, 7) is 3.76. The molecule has 3 aromatic rings. The molecule has 2 aromatic carbocycles. The largest absolute Gasteiger partial charge is 0.441 e. The van der Waals surface area contributed by atoms with Crippen LogP contribution in [0.3, 0.4) is 0 Å². The van der Waals surface area contributed by atoms with Gasteiger partial charge in [0.05, 0.1) is 4.90 Å². The number of nitrogens with zero attached hydrogens (tertiary/aromatic N) is 1. The molecule has 1 N–H and O–H groups in total. The zero-order valence-corrected chi connectivity index (χ0v) is 13.1. The lowest BCUT2D eigenvalue weighted by atomic mass is 10.2. The highest BCUT2D eigenvalue weighted by molar-refractivity contribution is 7.89. The molecular formula is C16H16N2O3S. The molecular weight excluding hydrogens is 300 g/mol. The molecule has 0 aliphatic rings. The molecule has 0 saturated carbocycles. The summed E-state index contributed by atoms with van der Waals surface area (Å²) >= 11 is 0. The maximum absolute atomic E-state index is 12.3. The third kappa shape index (κ3) is 2.88. The minimum atomic E-state index is -3.53.